The fraction of sp³-hybridized carbons (Fsp3) is 0.200. The molecule has 0 aromatic heterocycles. The van der Waals surface area contributed by atoms with E-state index in [9.17, 15) is 34.4 Å². The number of carbonyl (C=O) groups is 4. The number of aromatic hydroxyl groups is 1. The Bertz CT molecular complexity index is 2110. The van der Waals surface area contributed by atoms with Crippen molar-refractivity contribution in [3.63, 3.8) is 0 Å². The summed E-state index contributed by atoms with van der Waals surface area (Å²) < 4.78 is 0. The van der Waals surface area contributed by atoms with Crippen LogP contribution in [-0.4, -0.2) is 33.4 Å². The summed E-state index contributed by atoms with van der Waals surface area (Å²) in [5, 5.41) is 21.5. The number of nitrogens with zero attached hydrogens (tertiary/aromatic N) is 2. The van der Waals surface area contributed by atoms with Gasteiger partial charge in [0.25, 0.3) is 5.69 Å². The maximum atomic E-state index is 15.0. The number of imide groups is 1. The number of allylic oxidation sites excluding steroid dienone is 4. The highest BCUT2D eigenvalue weighted by molar-refractivity contribution is 6.32. The average molecular weight is 651 g/mol. The van der Waals surface area contributed by atoms with Gasteiger partial charge >= 0.3 is 0 Å². The highest BCUT2D eigenvalue weighted by Crippen LogP contribution is 2.63. The van der Waals surface area contributed by atoms with E-state index in [0.717, 1.165) is 10.5 Å². The van der Waals surface area contributed by atoms with E-state index in [4.69, 9.17) is 0 Å². The van der Waals surface area contributed by atoms with Crippen molar-refractivity contribution in [1.29, 1.82) is 0 Å². The molecule has 6 unspecified atom stereocenters. The number of nitro groups is 1. The number of Topliss-reactive ketones (excluding diaryl/α,β-unsaturated/α-hetero) is 1. The van der Waals surface area contributed by atoms with Gasteiger partial charge in [0, 0.05) is 29.5 Å². The van der Waals surface area contributed by atoms with Crippen molar-refractivity contribution in [2.45, 2.75) is 24.2 Å². The molecule has 1 heterocycles. The van der Waals surface area contributed by atoms with Crippen LogP contribution in [0.3, 0.4) is 0 Å². The number of carbonyl (C=O) groups excluding carboxylic acids is 4. The number of benzene rings is 4. The Morgan fingerprint density at radius 3 is 2.08 bits per heavy atom. The highest BCUT2D eigenvalue weighted by Gasteiger charge is 2.66. The molecule has 1 N–H and O–H groups in total. The minimum atomic E-state index is -1.35. The number of fused-ring (bicyclic) bond motifs is 4. The number of amides is 2. The molecule has 1 saturated carbocycles. The standard InChI is InChI=1S/C40H30N2O7/c43-28-17-11-24(12-18-28)36-29-19-20-30-35(39(47)41(38(30)46)26-13-15-27(16-14-26)42(48)49)32(29)21-33-37(45)31(23-7-3-1-4-8-23)22-34(44)40(33,36)25-9-5-2-6-10-25/h1-19,22,30,32-33,35-36,43H,20-21H2. The largest absolute Gasteiger partial charge is 0.508 e. The number of phenols is 1. The predicted octanol–water partition coefficient (Wildman–Crippen LogP) is 6.33. The molecule has 242 valence electrons. The molecule has 4 aromatic rings. The maximum absolute atomic E-state index is 15.0. The van der Waals surface area contributed by atoms with E-state index < -0.39 is 51.7 Å². The Balaban J connectivity index is 1.32. The van der Waals surface area contributed by atoms with Gasteiger partial charge in [-0.15, -0.1) is 0 Å². The topological polar surface area (TPSA) is 135 Å². The number of ketones is 2. The Morgan fingerprint density at radius 2 is 1.43 bits per heavy atom. The molecule has 0 bridgehead atoms. The first-order valence-electron chi connectivity index (χ1n) is 16.2. The fourth-order valence-corrected chi connectivity index (χ4v) is 8.89. The van der Waals surface area contributed by atoms with Crippen LogP contribution in [0.4, 0.5) is 11.4 Å². The van der Waals surface area contributed by atoms with Crippen LogP contribution in [0.5, 0.6) is 5.75 Å². The zero-order valence-corrected chi connectivity index (χ0v) is 26.1. The molecule has 2 amide bonds. The lowest BCUT2D eigenvalue weighted by Crippen LogP contribution is -2.58. The lowest BCUT2D eigenvalue weighted by atomic mass is 9.44. The first-order valence-corrected chi connectivity index (χ1v) is 16.2. The summed E-state index contributed by atoms with van der Waals surface area (Å²) in [4.78, 5) is 70.1. The lowest BCUT2D eigenvalue weighted by Gasteiger charge is -2.55. The summed E-state index contributed by atoms with van der Waals surface area (Å²) in [5.41, 5.74) is 1.89. The summed E-state index contributed by atoms with van der Waals surface area (Å²) in [6, 6.07) is 30.3. The van der Waals surface area contributed by atoms with E-state index in [1.54, 1.807) is 36.4 Å². The van der Waals surface area contributed by atoms with Crippen LogP contribution in [0.15, 0.2) is 127 Å². The molecule has 4 aromatic carbocycles. The van der Waals surface area contributed by atoms with Crippen molar-refractivity contribution >= 4 is 40.3 Å². The Hall–Kier alpha value is -5.96. The molecule has 0 radical (unpaired) electrons. The zero-order chi connectivity index (χ0) is 34.0. The van der Waals surface area contributed by atoms with E-state index >= 15 is 0 Å². The summed E-state index contributed by atoms with van der Waals surface area (Å²) in [5.74, 6) is -4.80. The Labute approximate surface area is 281 Å². The third kappa shape index (κ3) is 4.45. The molecule has 6 atom stereocenters. The highest BCUT2D eigenvalue weighted by atomic mass is 16.6. The molecule has 49 heavy (non-hydrogen) atoms. The second kappa shape index (κ2) is 11.3. The van der Waals surface area contributed by atoms with E-state index in [2.05, 4.69) is 0 Å². The van der Waals surface area contributed by atoms with Crippen molar-refractivity contribution in [3.8, 4) is 5.75 Å². The molecule has 3 aliphatic carbocycles. The van der Waals surface area contributed by atoms with Gasteiger partial charge in [-0.1, -0.05) is 84.4 Å². The molecule has 1 aliphatic heterocycles. The molecule has 2 fully saturated rings. The smallest absolute Gasteiger partial charge is 0.269 e. The van der Waals surface area contributed by atoms with E-state index in [-0.39, 0.29) is 41.5 Å². The molecule has 0 spiro atoms. The number of hydrogen-bond donors (Lipinski definition) is 1. The quantitative estimate of drug-likeness (QED) is 0.115. The van der Waals surface area contributed by atoms with Crippen molar-refractivity contribution in [3.05, 3.63) is 154 Å². The second-order valence-corrected chi connectivity index (χ2v) is 13.2. The van der Waals surface area contributed by atoms with Crippen molar-refractivity contribution in [2.24, 2.45) is 23.7 Å². The number of non-ortho nitro benzene ring substituents is 1. The lowest BCUT2D eigenvalue weighted by molar-refractivity contribution is -0.384. The van der Waals surface area contributed by atoms with Crippen molar-refractivity contribution in [1.82, 2.24) is 0 Å². The summed E-state index contributed by atoms with van der Waals surface area (Å²) in [6.45, 7) is 0. The maximum Gasteiger partial charge on any atom is 0.269 e. The van der Waals surface area contributed by atoms with Gasteiger partial charge in [0.2, 0.25) is 11.8 Å². The molecule has 9 nitrogen and oxygen atoms in total. The van der Waals surface area contributed by atoms with E-state index in [1.807, 2.05) is 54.6 Å². The van der Waals surface area contributed by atoms with Crippen LogP contribution in [0, 0.1) is 33.8 Å². The minimum absolute atomic E-state index is 0.0479. The third-order valence-corrected chi connectivity index (χ3v) is 10.9. The van der Waals surface area contributed by atoms with Crippen LogP contribution in [0.2, 0.25) is 0 Å². The number of nitro benzene ring substituents is 1. The molecule has 4 aliphatic rings. The normalized spacial score (nSPS) is 27.5. The molecule has 1 saturated heterocycles. The second-order valence-electron chi connectivity index (χ2n) is 13.2. The van der Waals surface area contributed by atoms with E-state index in [1.165, 1.54) is 30.3 Å². The van der Waals surface area contributed by atoms with Crippen molar-refractivity contribution in [2.75, 3.05) is 4.90 Å². The average Bonchev–Trinajstić information content (AvgIpc) is 3.39. The summed E-state index contributed by atoms with van der Waals surface area (Å²) in [6.07, 6.45) is 3.87. The van der Waals surface area contributed by atoms with Crippen LogP contribution in [-0.2, 0) is 24.6 Å². The van der Waals surface area contributed by atoms with Gasteiger partial charge in [-0.3, -0.25) is 34.2 Å². The summed E-state index contributed by atoms with van der Waals surface area (Å²) in [7, 11) is 0. The van der Waals surface area contributed by atoms with Crippen LogP contribution >= 0.6 is 0 Å². The van der Waals surface area contributed by atoms with Gasteiger partial charge in [0.05, 0.1) is 27.9 Å². The van der Waals surface area contributed by atoms with Crippen LogP contribution in [0.25, 0.3) is 5.57 Å². The third-order valence-electron chi connectivity index (χ3n) is 10.9. The zero-order valence-electron chi connectivity index (χ0n) is 26.1. The van der Waals surface area contributed by atoms with Gasteiger partial charge in [0.15, 0.2) is 11.6 Å². The SMILES string of the molecule is O=C1C(c2ccccc2)=CC(=O)C2(c3ccccc3)C1CC1C(=CCC3C(=O)N(c4ccc([N+](=O)[O-])cc4)C(=O)C31)C2c1ccc(O)cc1. The van der Waals surface area contributed by atoms with Gasteiger partial charge in [-0.05, 0) is 65.8 Å². The fourth-order valence-electron chi connectivity index (χ4n) is 8.89. The van der Waals surface area contributed by atoms with Gasteiger partial charge < -0.3 is 5.11 Å². The first kappa shape index (κ1) is 30.4. The number of phenolic OH excluding ortho intramolecular Hbond substituents is 1. The first-order chi connectivity index (χ1) is 23.7. The monoisotopic (exact) mass is 650 g/mol. The van der Waals surface area contributed by atoms with Gasteiger partial charge in [-0.25, -0.2) is 0 Å². The number of hydrogen-bond acceptors (Lipinski definition) is 7. The van der Waals surface area contributed by atoms with Gasteiger partial charge in [-0.2, -0.15) is 0 Å². The molecule has 9 heteroatoms. The van der Waals surface area contributed by atoms with Crippen LogP contribution in [0.1, 0.15) is 35.4 Å². The predicted molar refractivity (Wildman–Crippen MR) is 180 cm³/mol. The Morgan fingerprint density at radius 1 is 0.776 bits per heavy atom. The minimum Gasteiger partial charge on any atom is -0.508 e. The molecular formula is C40H30N2O7. The molecular weight excluding hydrogens is 620 g/mol. The van der Waals surface area contributed by atoms with Crippen LogP contribution < -0.4 is 4.90 Å². The molecule has 8 rings (SSSR count). The Kier molecular flexibility index (Phi) is 7.03. The number of rotatable bonds is 5. The number of anilines is 1. The van der Waals surface area contributed by atoms with Crippen molar-refractivity contribution < 1.29 is 29.2 Å². The summed E-state index contributed by atoms with van der Waals surface area (Å²) >= 11 is 0. The van der Waals surface area contributed by atoms with Gasteiger partial charge in [0.1, 0.15) is 5.75 Å². The van der Waals surface area contributed by atoms with E-state index in [0.29, 0.717) is 22.3 Å².